The van der Waals surface area contributed by atoms with Gasteiger partial charge in [0.05, 0.1) is 0 Å². The molecule has 100 valence electrons. The largest absolute Gasteiger partial charge is 0.329 e. The van der Waals surface area contributed by atoms with Crippen molar-refractivity contribution in [3.05, 3.63) is 0 Å². The van der Waals surface area contributed by atoms with Gasteiger partial charge < -0.3 is 5.73 Å². The summed E-state index contributed by atoms with van der Waals surface area (Å²) in [7, 11) is 0. The van der Waals surface area contributed by atoms with Crippen LogP contribution in [-0.4, -0.2) is 30.1 Å². The molecule has 17 heavy (non-hydrogen) atoms. The van der Waals surface area contributed by atoms with Crippen LogP contribution in [0.4, 0.5) is 0 Å². The maximum atomic E-state index is 6.17. The van der Waals surface area contributed by atoms with Crippen LogP contribution in [0.2, 0.25) is 0 Å². The molecule has 1 saturated heterocycles. The van der Waals surface area contributed by atoms with Crippen LogP contribution in [0.5, 0.6) is 0 Å². The lowest BCUT2D eigenvalue weighted by molar-refractivity contribution is 0.0794. The average Bonchev–Trinajstić information content (AvgIpc) is 2.55. The molecule has 0 aromatic rings. The van der Waals surface area contributed by atoms with Crippen molar-refractivity contribution >= 4 is 0 Å². The fourth-order valence-electron chi connectivity index (χ4n) is 3.93. The van der Waals surface area contributed by atoms with Gasteiger partial charge in [0.15, 0.2) is 0 Å². The highest BCUT2D eigenvalue weighted by Crippen LogP contribution is 2.46. The zero-order valence-electron chi connectivity index (χ0n) is 11.8. The van der Waals surface area contributed by atoms with Gasteiger partial charge in [0, 0.05) is 12.1 Å². The van der Waals surface area contributed by atoms with E-state index in [1.165, 1.54) is 64.5 Å². The zero-order valence-corrected chi connectivity index (χ0v) is 11.8. The van der Waals surface area contributed by atoms with Crippen LogP contribution in [0.3, 0.4) is 0 Å². The normalized spacial score (nSPS) is 35.5. The SMILES string of the molecule is CC1(C)CCC(CN)(N2CCCCCCC2)C1. The number of hydrogen-bond acceptors (Lipinski definition) is 2. The Labute approximate surface area is 107 Å². The standard InChI is InChI=1S/C15H30N2/c1-14(2)8-9-15(12-14,13-16)17-10-6-4-3-5-7-11-17/h3-13,16H2,1-2H3. The molecule has 2 N–H and O–H groups in total. The Hall–Kier alpha value is -0.0800. The van der Waals surface area contributed by atoms with Crippen LogP contribution < -0.4 is 5.73 Å². The second-order valence-corrected chi connectivity index (χ2v) is 7.02. The van der Waals surface area contributed by atoms with Crippen molar-refractivity contribution in [2.24, 2.45) is 11.1 Å². The van der Waals surface area contributed by atoms with Crippen LogP contribution in [-0.2, 0) is 0 Å². The van der Waals surface area contributed by atoms with Gasteiger partial charge in [-0.15, -0.1) is 0 Å². The van der Waals surface area contributed by atoms with Gasteiger partial charge in [-0.1, -0.05) is 33.1 Å². The lowest BCUT2D eigenvalue weighted by atomic mass is 9.86. The van der Waals surface area contributed by atoms with Crippen LogP contribution in [0.25, 0.3) is 0 Å². The topological polar surface area (TPSA) is 29.3 Å². The molecule has 0 aromatic carbocycles. The summed E-state index contributed by atoms with van der Waals surface area (Å²) in [5.41, 5.74) is 7.01. The van der Waals surface area contributed by atoms with E-state index >= 15 is 0 Å². The first-order chi connectivity index (χ1) is 8.08. The molecule has 1 saturated carbocycles. The van der Waals surface area contributed by atoms with Crippen LogP contribution in [0, 0.1) is 5.41 Å². The third-order valence-corrected chi connectivity index (χ3v) is 4.98. The van der Waals surface area contributed by atoms with E-state index in [1.807, 2.05) is 0 Å². The Balaban J connectivity index is 2.05. The van der Waals surface area contributed by atoms with E-state index in [9.17, 15) is 0 Å². The molecule has 2 heteroatoms. The van der Waals surface area contributed by atoms with Gasteiger partial charge in [0.2, 0.25) is 0 Å². The fraction of sp³-hybridized carbons (Fsp3) is 1.00. The molecule has 0 spiro atoms. The van der Waals surface area contributed by atoms with Gasteiger partial charge in [-0.05, 0) is 50.6 Å². The number of nitrogens with two attached hydrogens (primary N) is 1. The Bertz CT molecular complexity index is 241. The lowest BCUT2D eigenvalue weighted by Gasteiger charge is -2.42. The monoisotopic (exact) mass is 238 g/mol. The molecule has 1 unspecified atom stereocenters. The van der Waals surface area contributed by atoms with Crippen molar-refractivity contribution in [1.29, 1.82) is 0 Å². The third kappa shape index (κ3) is 3.03. The summed E-state index contributed by atoms with van der Waals surface area (Å²) in [5, 5.41) is 0. The summed E-state index contributed by atoms with van der Waals surface area (Å²) < 4.78 is 0. The molecule has 0 aromatic heterocycles. The molecule has 1 heterocycles. The molecule has 0 bridgehead atoms. The molecule has 0 radical (unpaired) electrons. The molecule has 1 aliphatic heterocycles. The maximum Gasteiger partial charge on any atom is 0.0337 e. The van der Waals surface area contributed by atoms with E-state index in [0.29, 0.717) is 11.0 Å². The second kappa shape index (κ2) is 5.27. The quantitative estimate of drug-likeness (QED) is 0.800. The van der Waals surface area contributed by atoms with Crippen molar-refractivity contribution in [1.82, 2.24) is 4.90 Å². The van der Waals surface area contributed by atoms with E-state index in [1.54, 1.807) is 0 Å². The molecule has 1 aliphatic carbocycles. The van der Waals surface area contributed by atoms with Crippen LogP contribution in [0.1, 0.15) is 65.2 Å². The van der Waals surface area contributed by atoms with E-state index in [4.69, 9.17) is 5.73 Å². The Morgan fingerprint density at radius 2 is 1.53 bits per heavy atom. The first-order valence-corrected chi connectivity index (χ1v) is 7.53. The molecular formula is C15H30N2. The summed E-state index contributed by atoms with van der Waals surface area (Å²) in [6, 6.07) is 0. The zero-order chi connectivity index (χ0) is 12.4. The van der Waals surface area contributed by atoms with Crippen molar-refractivity contribution in [3.63, 3.8) is 0 Å². The van der Waals surface area contributed by atoms with Crippen molar-refractivity contribution in [2.75, 3.05) is 19.6 Å². The van der Waals surface area contributed by atoms with Gasteiger partial charge >= 0.3 is 0 Å². The van der Waals surface area contributed by atoms with Gasteiger partial charge in [0.25, 0.3) is 0 Å². The fourth-order valence-corrected chi connectivity index (χ4v) is 3.93. The van der Waals surface area contributed by atoms with Crippen LogP contribution in [0.15, 0.2) is 0 Å². The minimum atomic E-state index is 0.334. The van der Waals surface area contributed by atoms with E-state index in [2.05, 4.69) is 18.7 Å². The van der Waals surface area contributed by atoms with E-state index in [0.717, 1.165) is 6.54 Å². The predicted molar refractivity (Wildman–Crippen MR) is 74.1 cm³/mol. The average molecular weight is 238 g/mol. The lowest BCUT2D eigenvalue weighted by Crippen LogP contribution is -2.53. The van der Waals surface area contributed by atoms with Crippen molar-refractivity contribution in [2.45, 2.75) is 70.8 Å². The highest BCUT2D eigenvalue weighted by atomic mass is 15.2. The summed E-state index contributed by atoms with van der Waals surface area (Å²) in [5.74, 6) is 0. The number of hydrogen-bond donors (Lipinski definition) is 1. The minimum absolute atomic E-state index is 0.334. The number of rotatable bonds is 2. The molecule has 2 rings (SSSR count). The number of nitrogens with zero attached hydrogens (tertiary/aromatic N) is 1. The van der Waals surface area contributed by atoms with Gasteiger partial charge in [-0.2, -0.15) is 0 Å². The summed E-state index contributed by atoms with van der Waals surface area (Å²) in [4.78, 5) is 2.75. The minimum Gasteiger partial charge on any atom is -0.329 e. The van der Waals surface area contributed by atoms with Gasteiger partial charge in [-0.3, -0.25) is 4.90 Å². The van der Waals surface area contributed by atoms with E-state index in [-0.39, 0.29) is 0 Å². The number of likely N-dealkylation sites (tertiary alicyclic amines) is 1. The Morgan fingerprint density at radius 3 is 2.00 bits per heavy atom. The van der Waals surface area contributed by atoms with Gasteiger partial charge in [0.1, 0.15) is 0 Å². The molecule has 2 aliphatic rings. The molecule has 2 fully saturated rings. The third-order valence-electron chi connectivity index (χ3n) is 4.98. The van der Waals surface area contributed by atoms with Crippen LogP contribution >= 0.6 is 0 Å². The molecule has 0 amide bonds. The van der Waals surface area contributed by atoms with Gasteiger partial charge in [-0.25, -0.2) is 0 Å². The first kappa shape index (κ1) is 13.4. The van der Waals surface area contributed by atoms with Crippen molar-refractivity contribution in [3.8, 4) is 0 Å². The smallest absolute Gasteiger partial charge is 0.0337 e. The van der Waals surface area contributed by atoms with Crippen molar-refractivity contribution < 1.29 is 0 Å². The molecular weight excluding hydrogens is 208 g/mol. The summed E-state index contributed by atoms with van der Waals surface area (Å²) in [6.45, 7) is 8.25. The highest BCUT2D eigenvalue weighted by molar-refractivity contribution is 5.02. The highest BCUT2D eigenvalue weighted by Gasteiger charge is 2.45. The van der Waals surface area contributed by atoms with E-state index < -0.39 is 0 Å². The summed E-state index contributed by atoms with van der Waals surface area (Å²) >= 11 is 0. The summed E-state index contributed by atoms with van der Waals surface area (Å²) in [6.07, 6.45) is 11.0. The second-order valence-electron chi connectivity index (χ2n) is 7.02. The Morgan fingerprint density at radius 1 is 0.941 bits per heavy atom. The molecule has 2 nitrogen and oxygen atoms in total. The predicted octanol–water partition coefficient (Wildman–Crippen LogP) is 3.16. The Kier molecular flexibility index (Phi) is 4.14. The first-order valence-electron chi connectivity index (χ1n) is 7.53. The molecule has 1 atom stereocenters. The maximum absolute atomic E-state index is 6.17.